The molecule has 0 spiro atoms. The van der Waals surface area contributed by atoms with Gasteiger partial charge < -0.3 is 31.3 Å². The van der Waals surface area contributed by atoms with Crippen molar-refractivity contribution in [3.8, 4) is 22.6 Å². The molecule has 0 radical (unpaired) electrons. The topological polar surface area (TPSA) is 120 Å². The average molecular weight is 513 g/mol. The van der Waals surface area contributed by atoms with Crippen molar-refractivity contribution in [2.75, 3.05) is 16.6 Å². The summed E-state index contributed by atoms with van der Waals surface area (Å²) >= 11 is 1.49. The highest BCUT2D eigenvalue weighted by atomic mass is 32.2. The molecule has 0 bridgehead atoms. The summed E-state index contributed by atoms with van der Waals surface area (Å²) in [5.74, 6) is -0.133. The smallest absolute Gasteiger partial charge is 0.316 e. The van der Waals surface area contributed by atoms with Gasteiger partial charge in [0.05, 0.1) is 0 Å². The Morgan fingerprint density at radius 3 is 2.19 bits per heavy atom. The van der Waals surface area contributed by atoms with Gasteiger partial charge in [0.15, 0.2) is 11.5 Å². The molecule has 1 heterocycles. The summed E-state index contributed by atoms with van der Waals surface area (Å²) in [5.41, 5.74) is 12.4. The fraction of sp³-hybridized carbons (Fsp3) is 0.138. The van der Waals surface area contributed by atoms with Crippen LogP contribution in [-0.2, 0) is 12.8 Å². The number of nitrogens with one attached hydrogen (secondary N) is 3. The summed E-state index contributed by atoms with van der Waals surface area (Å²) in [5, 5.41) is 25.9. The van der Waals surface area contributed by atoms with Crippen LogP contribution in [0.15, 0.2) is 89.8 Å². The van der Waals surface area contributed by atoms with E-state index in [9.17, 15) is 15.0 Å². The van der Waals surface area contributed by atoms with Crippen LogP contribution in [0.3, 0.4) is 0 Å². The van der Waals surface area contributed by atoms with Crippen LogP contribution < -0.4 is 21.1 Å². The Morgan fingerprint density at radius 2 is 1.51 bits per heavy atom. The molecule has 0 fully saturated rings. The molecule has 5 rings (SSSR count). The van der Waals surface area contributed by atoms with Gasteiger partial charge in [-0.3, -0.25) is 0 Å². The number of primary amides is 1. The third kappa shape index (κ3) is 5.99. The highest BCUT2D eigenvalue weighted by molar-refractivity contribution is 8.00. The van der Waals surface area contributed by atoms with E-state index < -0.39 is 6.03 Å². The number of aromatic hydroxyl groups is 2. The predicted molar refractivity (Wildman–Crippen MR) is 149 cm³/mol. The number of anilines is 2. The van der Waals surface area contributed by atoms with Crippen LogP contribution >= 0.6 is 11.9 Å². The van der Waals surface area contributed by atoms with Crippen LogP contribution in [0.1, 0.15) is 22.7 Å². The second-order valence-corrected chi connectivity index (χ2v) is 9.87. The molecular formula is C29H28N4O3S. The normalized spacial score (nSPS) is 14.5. The van der Waals surface area contributed by atoms with Crippen molar-refractivity contribution in [2.24, 2.45) is 5.73 Å². The molecule has 2 amide bonds. The lowest BCUT2D eigenvalue weighted by Gasteiger charge is -2.27. The number of carbonyl (C=O) groups is 1. The lowest BCUT2D eigenvalue weighted by Crippen LogP contribution is -2.31. The molecule has 37 heavy (non-hydrogen) atoms. The minimum Gasteiger partial charge on any atom is -0.504 e. The van der Waals surface area contributed by atoms with Crippen LogP contribution in [0.5, 0.6) is 11.5 Å². The molecule has 1 aliphatic rings. The summed E-state index contributed by atoms with van der Waals surface area (Å²) in [7, 11) is 0. The van der Waals surface area contributed by atoms with Gasteiger partial charge in [-0.05, 0) is 108 Å². The van der Waals surface area contributed by atoms with E-state index in [2.05, 4.69) is 51.8 Å². The second-order valence-electron chi connectivity index (χ2n) is 8.99. The first kappa shape index (κ1) is 24.5. The summed E-state index contributed by atoms with van der Waals surface area (Å²) in [6, 6.07) is 27.1. The van der Waals surface area contributed by atoms with Crippen molar-refractivity contribution in [2.45, 2.75) is 23.8 Å². The third-order valence-electron chi connectivity index (χ3n) is 6.42. The highest BCUT2D eigenvalue weighted by Gasteiger charge is 2.22. The molecule has 188 valence electrons. The summed E-state index contributed by atoms with van der Waals surface area (Å²) in [6.45, 7) is 0.844. The maximum Gasteiger partial charge on any atom is 0.316 e. The largest absolute Gasteiger partial charge is 0.504 e. The van der Waals surface area contributed by atoms with E-state index in [1.165, 1.54) is 17.5 Å². The van der Waals surface area contributed by atoms with E-state index in [-0.39, 0.29) is 17.5 Å². The van der Waals surface area contributed by atoms with Crippen LogP contribution in [-0.4, -0.2) is 22.8 Å². The Kier molecular flexibility index (Phi) is 7.20. The van der Waals surface area contributed by atoms with Gasteiger partial charge >= 0.3 is 6.03 Å². The first-order valence-corrected chi connectivity index (χ1v) is 12.8. The molecule has 0 aromatic heterocycles. The summed E-state index contributed by atoms with van der Waals surface area (Å²) in [4.78, 5) is 11.9. The molecule has 1 unspecified atom stereocenters. The molecule has 4 aromatic rings. The van der Waals surface area contributed by atoms with Gasteiger partial charge in [-0.2, -0.15) is 0 Å². The Hall–Kier alpha value is -4.14. The number of benzene rings is 4. The number of hydrogen-bond acceptors (Lipinski definition) is 6. The van der Waals surface area contributed by atoms with Crippen LogP contribution in [0.2, 0.25) is 0 Å². The molecule has 1 aliphatic heterocycles. The fourth-order valence-corrected chi connectivity index (χ4v) is 5.16. The number of amides is 2. The van der Waals surface area contributed by atoms with E-state index >= 15 is 0 Å². The Balaban J connectivity index is 1.19. The number of nitrogens with two attached hydrogens (primary N) is 1. The van der Waals surface area contributed by atoms with Gasteiger partial charge in [0.2, 0.25) is 0 Å². The minimum atomic E-state index is -0.580. The van der Waals surface area contributed by atoms with Crippen molar-refractivity contribution >= 4 is 29.4 Å². The standard InChI is InChI=1S/C29H28N4O3S/c30-29(36)32-22-9-11-24(12-10-22)37-33-23-7-5-20(6-8-23)19-3-1-18(2-4-19)15-26-25-17-28(35)27(34)16-21(25)13-14-31-26/h1-12,16-17,26,31,33-35H,13-15H2,(H3,30,32,36). The number of urea groups is 1. The Morgan fingerprint density at radius 1 is 0.892 bits per heavy atom. The molecule has 7 nitrogen and oxygen atoms in total. The summed E-state index contributed by atoms with van der Waals surface area (Å²) in [6.07, 6.45) is 1.64. The molecule has 0 aliphatic carbocycles. The van der Waals surface area contributed by atoms with E-state index in [4.69, 9.17) is 5.73 Å². The number of hydrogen-bond donors (Lipinski definition) is 6. The quantitative estimate of drug-likeness (QED) is 0.137. The zero-order valence-electron chi connectivity index (χ0n) is 20.1. The zero-order valence-corrected chi connectivity index (χ0v) is 20.9. The van der Waals surface area contributed by atoms with Crippen molar-refractivity contribution in [3.05, 3.63) is 102 Å². The minimum absolute atomic E-state index is 0.0585. The molecule has 1 atom stereocenters. The lowest BCUT2D eigenvalue weighted by molar-refractivity contribution is 0.259. The molecule has 8 heteroatoms. The Bertz CT molecular complexity index is 1390. The fourth-order valence-electron chi connectivity index (χ4n) is 4.52. The van der Waals surface area contributed by atoms with Crippen molar-refractivity contribution in [1.29, 1.82) is 0 Å². The van der Waals surface area contributed by atoms with Gasteiger partial charge in [-0.25, -0.2) is 4.79 Å². The van der Waals surface area contributed by atoms with E-state index in [1.807, 2.05) is 24.3 Å². The average Bonchev–Trinajstić information content (AvgIpc) is 2.90. The third-order valence-corrected chi connectivity index (χ3v) is 7.26. The molecule has 7 N–H and O–H groups in total. The SMILES string of the molecule is NC(=O)Nc1ccc(SNc2ccc(-c3ccc(CC4NCCc5cc(O)c(O)cc54)cc3)cc2)cc1. The predicted octanol–water partition coefficient (Wildman–Crippen LogP) is 5.80. The number of carbonyl (C=O) groups excluding carboxylic acids is 1. The lowest BCUT2D eigenvalue weighted by atomic mass is 9.89. The first-order chi connectivity index (χ1) is 17.9. The number of phenols is 2. The maximum atomic E-state index is 10.9. The second kappa shape index (κ2) is 10.9. The zero-order chi connectivity index (χ0) is 25.8. The summed E-state index contributed by atoms with van der Waals surface area (Å²) < 4.78 is 3.33. The molecule has 4 aromatic carbocycles. The molecule has 0 saturated carbocycles. The van der Waals surface area contributed by atoms with Crippen molar-refractivity contribution in [1.82, 2.24) is 5.32 Å². The van der Waals surface area contributed by atoms with Gasteiger partial charge in [0.1, 0.15) is 0 Å². The molecule has 0 saturated heterocycles. The van der Waals surface area contributed by atoms with E-state index in [0.29, 0.717) is 5.69 Å². The van der Waals surface area contributed by atoms with Crippen LogP contribution in [0.25, 0.3) is 11.1 Å². The first-order valence-electron chi connectivity index (χ1n) is 12.0. The van der Waals surface area contributed by atoms with Crippen molar-refractivity contribution < 1.29 is 15.0 Å². The van der Waals surface area contributed by atoms with Crippen LogP contribution in [0.4, 0.5) is 16.2 Å². The number of phenolic OH excluding ortho intramolecular Hbond substituents is 2. The highest BCUT2D eigenvalue weighted by Crippen LogP contribution is 2.35. The van der Waals surface area contributed by atoms with Crippen LogP contribution in [0, 0.1) is 0 Å². The maximum absolute atomic E-state index is 10.9. The van der Waals surface area contributed by atoms with Crippen molar-refractivity contribution in [3.63, 3.8) is 0 Å². The molecular weight excluding hydrogens is 484 g/mol. The van der Waals surface area contributed by atoms with Gasteiger partial charge in [-0.15, -0.1) is 0 Å². The van der Waals surface area contributed by atoms with Gasteiger partial charge in [0, 0.05) is 22.3 Å². The Labute approximate surface area is 219 Å². The van der Waals surface area contributed by atoms with Gasteiger partial charge in [-0.1, -0.05) is 36.4 Å². The van der Waals surface area contributed by atoms with E-state index in [1.54, 1.807) is 24.3 Å². The number of rotatable bonds is 7. The van der Waals surface area contributed by atoms with Gasteiger partial charge in [0.25, 0.3) is 0 Å². The number of fused-ring (bicyclic) bond motifs is 1. The monoisotopic (exact) mass is 512 g/mol. The van der Waals surface area contributed by atoms with E-state index in [0.717, 1.165) is 52.2 Å².